The van der Waals surface area contributed by atoms with Crippen LogP contribution in [0.25, 0.3) is 0 Å². The summed E-state index contributed by atoms with van der Waals surface area (Å²) in [5.74, 6) is 1.45. The van der Waals surface area contributed by atoms with Gasteiger partial charge in [0, 0.05) is 10.1 Å². The lowest BCUT2D eigenvalue weighted by Gasteiger charge is -2.19. The summed E-state index contributed by atoms with van der Waals surface area (Å²) in [6, 6.07) is 3.98. The molecular weight excluding hydrogens is 274 g/mol. The molecule has 0 N–H and O–H groups in total. The number of thioether (sulfide) groups is 1. The number of benzene rings is 1. The van der Waals surface area contributed by atoms with Crippen molar-refractivity contribution in [1.29, 1.82) is 0 Å². The van der Waals surface area contributed by atoms with Gasteiger partial charge in [0.1, 0.15) is 17.0 Å². The van der Waals surface area contributed by atoms with Gasteiger partial charge in [-0.3, -0.25) is 0 Å². The first-order valence-corrected chi connectivity index (χ1v) is 7.46. The molecule has 1 fully saturated rings. The predicted octanol–water partition coefficient (Wildman–Crippen LogP) is 3.53. The number of hydrogen-bond donors (Lipinski definition) is 0. The lowest BCUT2D eigenvalue weighted by atomic mass is 10.0. The molecule has 0 atom stereocenters. The maximum atomic E-state index is 10.7. The number of nitrogens with zero attached hydrogens (tertiary/aromatic N) is 1. The van der Waals surface area contributed by atoms with E-state index < -0.39 is 5.54 Å². The second-order valence-electron chi connectivity index (χ2n) is 5.10. The molecule has 0 spiro atoms. The maximum Gasteiger partial charge on any atom is 0.235 e. The fraction of sp³-hybridized carbons (Fsp3) is 0.533. The molecule has 1 aliphatic carbocycles. The van der Waals surface area contributed by atoms with Gasteiger partial charge in [0.15, 0.2) is 0 Å². The predicted molar refractivity (Wildman–Crippen MR) is 79.6 cm³/mol. The molecule has 1 saturated carbocycles. The second kappa shape index (κ2) is 5.90. The van der Waals surface area contributed by atoms with Gasteiger partial charge in [0.05, 0.1) is 19.8 Å². The highest BCUT2D eigenvalue weighted by Gasteiger charge is 2.49. The minimum absolute atomic E-state index is 0.471. The van der Waals surface area contributed by atoms with Crippen LogP contribution in [-0.2, 0) is 10.3 Å². The molecule has 1 aromatic carbocycles. The average molecular weight is 293 g/mol. The number of aliphatic imine (C=N–C) groups is 1. The van der Waals surface area contributed by atoms with Crippen molar-refractivity contribution < 1.29 is 14.3 Å². The molecule has 0 aliphatic heterocycles. The molecule has 1 aliphatic rings. The smallest absolute Gasteiger partial charge is 0.235 e. The van der Waals surface area contributed by atoms with E-state index in [0.717, 1.165) is 34.8 Å². The van der Waals surface area contributed by atoms with E-state index in [9.17, 15) is 4.79 Å². The molecule has 0 amide bonds. The van der Waals surface area contributed by atoms with Gasteiger partial charge in [-0.05, 0) is 25.0 Å². The minimum Gasteiger partial charge on any atom is -0.496 e. The fourth-order valence-electron chi connectivity index (χ4n) is 2.31. The highest BCUT2D eigenvalue weighted by Crippen LogP contribution is 2.56. The number of carbonyl (C=O) groups excluding carboxylic acids is 1. The third kappa shape index (κ3) is 2.84. The van der Waals surface area contributed by atoms with E-state index in [1.807, 2.05) is 12.1 Å². The Morgan fingerprint density at radius 2 is 1.80 bits per heavy atom. The van der Waals surface area contributed by atoms with Gasteiger partial charge in [0.25, 0.3) is 0 Å². The summed E-state index contributed by atoms with van der Waals surface area (Å²) in [4.78, 5) is 15.7. The van der Waals surface area contributed by atoms with Crippen LogP contribution in [0.1, 0.15) is 32.3 Å². The van der Waals surface area contributed by atoms with E-state index in [0.29, 0.717) is 5.25 Å². The molecule has 20 heavy (non-hydrogen) atoms. The van der Waals surface area contributed by atoms with Gasteiger partial charge < -0.3 is 9.47 Å². The van der Waals surface area contributed by atoms with Gasteiger partial charge in [-0.1, -0.05) is 13.8 Å². The van der Waals surface area contributed by atoms with E-state index in [1.165, 1.54) is 0 Å². The van der Waals surface area contributed by atoms with Crippen LogP contribution >= 0.6 is 11.8 Å². The molecule has 0 heterocycles. The zero-order valence-corrected chi connectivity index (χ0v) is 13.0. The summed E-state index contributed by atoms with van der Waals surface area (Å²) >= 11 is 1.74. The van der Waals surface area contributed by atoms with E-state index >= 15 is 0 Å². The van der Waals surface area contributed by atoms with Crippen LogP contribution in [-0.4, -0.2) is 25.5 Å². The number of rotatable bonds is 6. The van der Waals surface area contributed by atoms with Crippen molar-refractivity contribution in [3.8, 4) is 11.5 Å². The Bertz CT molecular complexity index is 521. The molecule has 1 aromatic rings. The van der Waals surface area contributed by atoms with Gasteiger partial charge in [0.2, 0.25) is 6.08 Å². The Kier molecular flexibility index (Phi) is 4.41. The van der Waals surface area contributed by atoms with Crippen LogP contribution in [0.4, 0.5) is 0 Å². The molecule has 0 radical (unpaired) electrons. The molecule has 0 unspecified atom stereocenters. The molecule has 4 nitrogen and oxygen atoms in total. The van der Waals surface area contributed by atoms with Crippen molar-refractivity contribution in [3.05, 3.63) is 17.7 Å². The Balaban J connectivity index is 2.53. The van der Waals surface area contributed by atoms with Crippen molar-refractivity contribution >= 4 is 17.8 Å². The standard InChI is InChI=1S/C15H19NO3S/c1-10(2)20-11-7-12(18-3)14(13(8-11)19-4)15(5-6-15)16-9-17/h7-8,10H,5-6H2,1-4H3. The normalized spacial score (nSPS) is 15.7. The van der Waals surface area contributed by atoms with Crippen molar-refractivity contribution in [3.63, 3.8) is 0 Å². The Morgan fingerprint density at radius 3 is 2.15 bits per heavy atom. The van der Waals surface area contributed by atoms with Crippen molar-refractivity contribution in [1.82, 2.24) is 0 Å². The van der Waals surface area contributed by atoms with Crippen LogP contribution in [0.2, 0.25) is 0 Å². The summed E-state index contributed by atoms with van der Waals surface area (Å²) in [6.45, 7) is 4.27. The highest BCUT2D eigenvalue weighted by molar-refractivity contribution is 7.99. The van der Waals surface area contributed by atoms with Gasteiger partial charge >= 0.3 is 0 Å². The van der Waals surface area contributed by atoms with Gasteiger partial charge in [-0.15, -0.1) is 11.8 Å². The molecule has 0 bridgehead atoms. The topological polar surface area (TPSA) is 47.9 Å². The number of isocyanates is 1. The number of ether oxygens (including phenoxy) is 2. The second-order valence-corrected chi connectivity index (χ2v) is 6.75. The minimum atomic E-state index is -0.501. The van der Waals surface area contributed by atoms with Gasteiger partial charge in [-0.25, -0.2) is 4.79 Å². The molecule has 5 heteroatoms. The van der Waals surface area contributed by atoms with Crippen molar-refractivity contribution in [2.75, 3.05) is 14.2 Å². The Morgan fingerprint density at radius 1 is 1.25 bits per heavy atom. The first kappa shape index (κ1) is 14.9. The quantitative estimate of drug-likeness (QED) is 0.457. The summed E-state index contributed by atoms with van der Waals surface area (Å²) in [5, 5.41) is 0.471. The number of methoxy groups -OCH3 is 2. The zero-order chi connectivity index (χ0) is 14.8. The Labute approximate surface area is 123 Å². The molecule has 0 saturated heterocycles. The highest BCUT2D eigenvalue weighted by atomic mass is 32.2. The van der Waals surface area contributed by atoms with E-state index in [2.05, 4.69) is 18.8 Å². The molecule has 108 valence electrons. The molecular formula is C15H19NO3S. The molecule has 2 rings (SSSR count). The maximum absolute atomic E-state index is 10.7. The SMILES string of the molecule is COc1cc(SC(C)C)cc(OC)c1C1(N=C=O)CC1. The van der Waals surface area contributed by atoms with E-state index in [4.69, 9.17) is 9.47 Å². The van der Waals surface area contributed by atoms with Crippen LogP contribution in [0.15, 0.2) is 22.0 Å². The Hall–Kier alpha value is -1.45. The van der Waals surface area contributed by atoms with Crippen molar-refractivity contribution in [2.24, 2.45) is 4.99 Å². The van der Waals surface area contributed by atoms with Crippen LogP contribution in [0.5, 0.6) is 11.5 Å². The zero-order valence-electron chi connectivity index (χ0n) is 12.2. The fourth-order valence-corrected chi connectivity index (χ4v) is 3.20. The summed E-state index contributed by atoms with van der Waals surface area (Å²) in [5.41, 5.74) is 0.360. The number of hydrogen-bond acceptors (Lipinski definition) is 5. The third-order valence-electron chi connectivity index (χ3n) is 3.30. The average Bonchev–Trinajstić information content (AvgIpc) is 3.17. The van der Waals surface area contributed by atoms with Crippen molar-refractivity contribution in [2.45, 2.75) is 42.4 Å². The van der Waals surface area contributed by atoms with Crippen LogP contribution in [0.3, 0.4) is 0 Å². The van der Waals surface area contributed by atoms with E-state index in [-0.39, 0.29) is 0 Å². The lowest BCUT2D eigenvalue weighted by molar-refractivity contribution is 0.375. The molecule has 0 aromatic heterocycles. The monoisotopic (exact) mass is 293 g/mol. The van der Waals surface area contributed by atoms with Crippen LogP contribution in [0, 0.1) is 0 Å². The summed E-state index contributed by atoms with van der Waals surface area (Å²) in [7, 11) is 3.26. The first-order valence-electron chi connectivity index (χ1n) is 6.58. The summed E-state index contributed by atoms with van der Waals surface area (Å²) < 4.78 is 11.0. The largest absolute Gasteiger partial charge is 0.496 e. The van der Waals surface area contributed by atoms with Gasteiger partial charge in [-0.2, -0.15) is 4.99 Å². The van der Waals surface area contributed by atoms with Crippen LogP contribution < -0.4 is 9.47 Å². The summed E-state index contributed by atoms with van der Waals surface area (Å²) in [6.07, 6.45) is 3.33. The van der Waals surface area contributed by atoms with E-state index in [1.54, 1.807) is 32.1 Å². The third-order valence-corrected chi connectivity index (χ3v) is 4.28. The lowest BCUT2D eigenvalue weighted by Crippen LogP contribution is -2.08. The first-order chi connectivity index (χ1) is 9.56.